The molecule has 9 nitrogen and oxygen atoms in total. The Hall–Kier alpha value is -2.73. The molecule has 186 valence electrons. The van der Waals surface area contributed by atoms with Gasteiger partial charge in [-0.1, -0.05) is 6.92 Å². The van der Waals surface area contributed by atoms with E-state index in [0.29, 0.717) is 43.3 Å². The summed E-state index contributed by atoms with van der Waals surface area (Å²) in [4.78, 5) is 51.8. The maximum absolute atomic E-state index is 13.4. The minimum atomic E-state index is -1.43. The number of benzene rings is 1. The molecular weight excluding hydrogens is 559 g/mol. The van der Waals surface area contributed by atoms with Gasteiger partial charge in [0.2, 0.25) is 0 Å². The van der Waals surface area contributed by atoms with Gasteiger partial charge in [-0.2, -0.15) is 0 Å². The van der Waals surface area contributed by atoms with Gasteiger partial charge in [-0.3, -0.25) is 9.78 Å². The van der Waals surface area contributed by atoms with Crippen LogP contribution in [0.4, 0.5) is 5.95 Å². The number of hydrogen-bond acceptors (Lipinski definition) is 6. The molecule has 1 N–H and O–H groups in total. The first kappa shape index (κ1) is 24.0. The molecule has 0 aliphatic carbocycles. The minimum Gasteiger partial charge on any atom is -0.272 e. The Morgan fingerprint density at radius 3 is 2.57 bits per heavy atom. The van der Waals surface area contributed by atoms with E-state index in [0.717, 1.165) is 30.6 Å². The van der Waals surface area contributed by atoms with E-state index in [1.165, 1.54) is 11.7 Å². The molecule has 1 saturated heterocycles. The number of aryl methyl sites for hydroxylation is 2. The number of alkyl halides is 1. The molecule has 0 amide bonds. The fourth-order valence-electron chi connectivity index (χ4n) is 5.02. The fraction of sp³-hybridized carbons (Fsp3) is 0.440. The molecule has 0 bridgehead atoms. The zero-order valence-electron chi connectivity index (χ0n) is 20.6. The summed E-state index contributed by atoms with van der Waals surface area (Å²) in [6, 6.07) is 8.38. The van der Waals surface area contributed by atoms with Crippen LogP contribution in [0.2, 0.25) is 0 Å². The van der Waals surface area contributed by atoms with E-state index in [4.69, 9.17) is 4.98 Å². The number of imidazole rings is 1. The molecule has 1 fully saturated rings. The number of fused-ring (bicyclic) bond motifs is 2. The van der Waals surface area contributed by atoms with E-state index in [1.54, 1.807) is 7.05 Å². The van der Waals surface area contributed by atoms with E-state index < -0.39 is 31.1 Å². The molecule has 5 rings (SSSR count). The predicted molar refractivity (Wildman–Crippen MR) is 147 cm³/mol. The molecule has 0 unspecified atom stereocenters. The van der Waals surface area contributed by atoms with Crippen molar-refractivity contribution in [1.29, 1.82) is 0 Å². The van der Waals surface area contributed by atoms with Gasteiger partial charge in [0.1, 0.15) is 0 Å². The standard InChI is InChI=1S/C25H31IN6O3/c1-5-10-32-21-22(29(4)25(35)28-23(21)34)27-24(32)31-13-11-30(12-14-31)15-19(33)20-16(2)26(3)18-9-7-6-8-17(18)20/h6-9H,5,10-15H2,1-4H3,(H,28,34,35). The topological polar surface area (TPSA) is 96.2 Å². The summed E-state index contributed by atoms with van der Waals surface area (Å²) in [5.74, 6) is 0.924. The third-order valence-corrected chi connectivity index (χ3v) is 12.6. The number of anilines is 1. The predicted octanol–water partition coefficient (Wildman–Crippen LogP) is 2.28. The number of rotatable bonds is 6. The van der Waals surface area contributed by atoms with Crippen LogP contribution in [0, 0.1) is 3.57 Å². The van der Waals surface area contributed by atoms with Gasteiger partial charge in [0.05, 0.1) is 0 Å². The van der Waals surface area contributed by atoms with Crippen molar-refractivity contribution in [3.63, 3.8) is 0 Å². The number of carbonyl (C=O) groups excluding carboxylic acids is 1. The van der Waals surface area contributed by atoms with Crippen molar-refractivity contribution in [2.45, 2.75) is 26.8 Å². The number of aromatic amines is 1. The SMILES string of the molecule is CCCn1c(N2CCN(CC(=O)C3=C(C)I(C)c4ccccc43)CC2)nc2c1c(=O)[nH]c(=O)n2C. The summed E-state index contributed by atoms with van der Waals surface area (Å²) in [7, 11) is 1.62. The molecule has 2 aliphatic rings. The van der Waals surface area contributed by atoms with E-state index in [-0.39, 0.29) is 5.78 Å². The zero-order valence-corrected chi connectivity index (χ0v) is 22.8. The minimum absolute atomic E-state index is 0.213. The number of nitrogens with one attached hydrogen (secondary N) is 1. The van der Waals surface area contributed by atoms with Crippen molar-refractivity contribution < 1.29 is 4.79 Å². The molecule has 0 radical (unpaired) electrons. The second-order valence-corrected chi connectivity index (χ2v) is 14.6. The Labute approximate surface area is 210 Å². The molecule has 35 heavy (non-hydrogen) atoms. The normalized spacial score (nSPS) is 17.5. The van der Waals surface area contributed by atoms with Crippen molar-refractivity contribution >= 4 is 48.3 Å². The second-order valence-electron chi connectivity index (χ2n) is 9.10. The van der Waals surface area contributed by atoms with Gasteiger partial charge in [-0.25, -0.2) is 4.79 Å². The molecule has 1 aromatic carbocycles. The van der Waals surface area contributed by atoms with Crippen LogP contribution in [0.5, 0.6) is 0 Å². The van der Waals surface area contributed by atoms with Gasteiger partial charge in [0.15, 0.2) is 0 Å². The van der Waals surface area contributed by atoms with Crippen molar-refractivity contribution in [3.8, 4) is 0 Å². The molecular formula is C25H31IN6O3. The Morgan fingerprint density at radius 1 is 1.14 bits per heavy atom. The molecule has 2 aromatic heterocycles. The molecule has 0 atom stereocenters. The number of ketones is 1. The third kappa shape index (κ3) is 4.06. The number of aromatic nitrogens is 4. The van der Waals surface area contributed by atoms with Crippen LogP contribution in [0.25, 0.3) is 16.7 Å². The zero-order chi connectivity index (χ0) is 24.9. The van der Waals surface area contributed by atoms with Gasteiger partial charge >= 0.3 is 183 Å². The Kier molecular flexibility index (Phi) is 6.43. The Balaban J connectivity index is 1.34. The van der Waals surface area contributed by atoms with E-state index >= 15 is 0 Å². The van der Waals surface area contributed by atoms with Gasteiger partial charge in [-0.15, -0.1) is 0 Å². The van der Waals surface area contributed by atoms with Gasteiger partial charge < -0.3 is 0 Å². The summed E-state index contributed by atoms with van der Waals surface area (Å²) in [5, 5.41) is 0. The van der Waals surface area contributed by atoms with E-state index in [2.05, 4.69) is 51.8 Å². The van der Waals surface area contributed by atoms with Crippen LogP contribution in [-0.2, 0) is 18.4 Å². The van der Waals surface area contributed by atoms with Crippen molar-refractivity contribution in [2.24, 2.45) is 7.05 Å². The molecule has 4 heterocycles. The Bertz CT molecular complexity index is 1460. The van der Waals surface area contributed by atoms with Crippen LogP contribution in [0.3, 0.4) is 0 Å². The quantitative estimate of drug-likeness (QED) is 0.350. The van der Waals surface area contributed by atoms with E-state index in [9.17, 15) is 14.4 Å². The third-order valence-electron chi connectivity index (χ3n) is 6.95. The number of allylic oxidation sites excluding steroid dienone is 1. The average molecular weight is 590 g/mol. The fourth-order valence-corrected chi connectivity index (χ4v) is 9.36. The van der Waals surface area contributed by atoms with Crippen LogP contribution in [-0.4, -0.2) is 67.4 Å². The first-order chi connectivity index (χ1) is 16.8. The molecule has 2 aliphatic heterocycles. The summed E-state index contributed by atoms with van der Waals surface area (Å²) in [6.07, 6.45) is 0.841. The number of halogens is 1. The first-order valence-corrected chi connectivity index (χ1v) is 16.2. The van der Waals surface area contributed by atoms with E-state index in [1.807, 2.05) is 10.6 Å². The van der Waals surface area contributed by atoms with Gasteiger partial charge in [-0.05, 0) is 0 Å². The van der Waals surface area contributed by atoms with Crippen molar-refractivity contribution in [1.82, 2.24) is 24.0 Å². The summed E-state index contributed by atoms with van der Waals surface area (Å²) in [6.45, 7) is 8.12. The molecule has 0 spiro atoms. The summed E-state index contributed by atoms with van der Waals surface area (Å²) < 4.78 is 6.01. The average Bonchev–Trinajstić information content (AvgIpc) is 3.34. The van der Waals surface area contributed by atoms with Crippen molar-refractivity contribution in [3.05, 3.63) is 57.8 Å². The number of piperazine rings is 1. The number of carbonyl (C=O) groups is 1. The van der Waals surface area contributed by atoms with Gasteiger partial charge in [0, 0.05) is 7.05 Å². The first-order valence-electron chi connectivity index (χ1n) is 11.9. The van der Waals surface area contributed by atoms with Crippen molar-refractivity contribution in [2.75, 3.05) is 42.6 Å². The number of H-pyrrole nitrogens is 1. The summed E-state index contributed by atoms with van der Waals surface area (Å²) in [5.41, 5.74) is 2.06. The van der Waals surface area contributed by atoms with Crippen LogP contribution in [0.1, 0.15) is 25.8 Å². The summed E-state index contributed by atoms with van der Waals surface area (Å²) >= 11 is -1.43. The molecule has 0 saturated carbocycles. The number of nitrogens with zero attached hydrogens (tertiary/aromatic N) is 5. The molecule has 10 heteroatoms. The smallest absolute Gasteiger partial charge is 0.272 e. The van der Waals surface area contributed by atoms with Crippen LogP contribution >= 0.6 is 19.8 Å². The molecule has 3 aromatic rings. The van der Waals surface area contributed by atoms with Crippen LogP contribution < -0.4 is 16.1 Å². The van der Waals surface area contributed by atoms with Crippen LogP contribution in [0.15, 0.2) is 37.4 Å². The number of Topliss-reactive ketones (excluding diaryl/α,β-unsaturated/α-hetero) is 1. The second kappa shape index (κ2) is 9.38. The van der Waals surface area contributed by atoms with Gasteiger partial charge in [0.25, 0.3) is 0 Å². The number of hydrogen-bond donors (Lipinski definition) is 1. The Morgan fingerprint density at radius 2 is 1.86 bits per heavy atom. The maximum atomic E-state index is 13.4. The monoisotopic (exact) mass is 590 g/mol.